The Labute approximate surface area is 172 Å². The Balaban J connectivity index is 1.77. The molecule has 0 aliphatic carbocycles. The first kappa shape index (κ1) is 17.9. The van der Waals surface area contributed by atoms with Crippen LogP contribution in [-0.4, -0.2) is 24.2 Å². The number of rotatable bonds is 5. The molecule has 5 heteroatoms. The van der Waals surface area contributed by atoms with Crippen molar-refractivity contribution in [3.8, 4) is 16.5 Å². The van der Waals surface area contributed by atoms with Crippen LogP contribution in [0.3, 0.4) is 0 Å². The van der Waals surface area contributed by atoms with E-state index in [1.807, 2.05) is 6.92 Å². The Kier molecular flexibility index (Phi) is 4.32. The number of esters is 1. The van der Waals surface area contributed by atoms with Crippen molar-refractivity contribution in [1.29, 1.82) is 0 Å². The molecule has 1 heterocycles. The van der Waals surface area contributed by atoms with Crippen molar-refractivity contribution in [2.24, 2.45) is 0 Å². The molecule has 144 valence electrons. The lowest BCUT2D eigenvalue weighted by Crippen LogP contribution is -2.05. The molecule has 1 aromatic heterocycles. The van der Waals surface area contributed by atoms with Gasteiger partial charge in [0.05, 0.1) is 13.2 Å². The fourth-order valence-electron chi connectivity index (χ4n) is 3.90. The van der Waals surface area contributed by atoms with Crippen molar-refractivity contribution in [2.75, 3.05) is 13.2 Å². The quantitative estimate of drug-likeness (QED) is 0.257. The number of aromatic nitrogens is 1. The summed E-state index contributed by atoms with van der Waals surface area (Å²) in [6.45, 7) is 4.43. The van der Waals surface area contributed by atoms with E-state index in [2.05, 4.69) is 59.6 Å². The average molecular weight is 401 g/mol. The van der Waals surface area contributed by atoms with Crippen LogP contribution in [0.2, 0.25) is 0 Å². The molecule has 4 nitrogen and oxygen atoms in total. The Morgan fingerprint density at radius 1 is 0.897 bits per heavy atom. The highest BCUT2D eigenvalue weighted by Crippen LogP contribution is 2.41. The second-order valence-electron chi connectivity index (χ2n) is 6.78. The summed E-state index contributed by atoms with van der Waals surface area (Å²) in [7, 11) is 0. The zero-order chi connectivity index (χ0) is 20.0. The van der Waals surface area contributed by atoms with Gasteiger partial charge in [-0.2, -0.15) is 0 Å². The lowest BCUT2D eigenvalue weighted by atomic mass is 9.92. The molecule has 5 aromatic rings. The standard InChI is InChI=1S/C24H19NO3S/c1-3-27-22-21(24(26)28-4-2)29-23(25-22)18-13-11-16-9-8-14-6-5-7-15-10-12-17(18)20(16)19(14)15/h5-13H,3-4H2,1-2H3. The summed E-state index contributed by atoms with van der Waals surface area (Å²) in [5.41, 5.74) is 0.997. The number of thiazole rings is 1. The van der Waals surface area contributed by atoms with E-state index in [4.69, 9.17) is 9.47 Å². The summed E-state index contributed by atoms with van der Waals surface area (Å²) in [4.78, 5) is 17.5. The first-order valence-corrected chi connectivity index (χ1v) is 10.5. The van der Waals surface area contributed by atoms with Crippen LogP contribution in [0.15, 0.2) is 54.6 Å². The Morgan fingerprint density at radius 3 is 2.31 bits per heavy atom. The molecule has 0 aliphatic rings. The van der Waals surface area contributed by atoms with E-state index in [0.717, 1.165) is 16.0 Å². The molecular weight excluding hydrogens is 382 g/mol. The number of carbonyl (C=O) groups excluding carboxylic acids is 1. The lowest BCUT2D eigenvalue weighted by molar-refractivity contribution is 0.0527. The van der Waals surface area contributed by atoms with Crippen molar-refractivity contribution >= 4 is 49.6 Å². The maximum absolute atomic E-state index is 12.4. The van der Waals surface area contributed by atoms with Gasteiger partial charge in [-0.25, -0.2) is 9.78 Å². The van der Waals surface area contributed by atoms with E-state index < -0.39 is 5.97 Å². The van der Waals surface area contributed by atoms with Crippen LogP contribution in [0.1, 0.15) is 23.5 Å². The van der Waals surface area contributed by atoms with Gasteiger partial charge < -0.3 is 9.47 Å². The first-order chi connectivity index (χ1) is 14.2. The normalized spacial score (nSPS) is 11.5. The number of carbonyl (C=O) groups is 1. The van der Waals surface area contributed by atoms with E-state index in [-0.39, 0.29) is 0 Å². The van der Waals surface area contributed by atoms with Gasteiger partial charge in [0.2, 0.25) is 5.88 Å². The number of nitrogens with zero attached hydrogens (tertiary/aromatic N) is 1. The van der Waals surface area contributed by atoms with Gasteiger partial charge in [-0.1, -0.05) is 54.6 Å². The molecule has 0 radical (unpaired) electrons. The maximum atomic E-state index is 12.4. The SMILES string of the molecule is CCOC(=O)c1sc(-c2ccc3ccc4cccc5ccc2c3c45)nc1OCC. The third kappa shape index (κ3) is 2.81. The lowest BCUT2D eigenvalue weighted by Gasteiger charge is -2.12. The fourth-order valence-corrected chi connectivity index (χ4v) is 4.85. The summed E-state index contributed by atoms with van der Waals surface area (Å²) in [6, 6.07) is 19.2. The first-order valence-electron chi connectivity index (χ1n) is 9.69. The molecule has 0 atom stereocenters. The molecular formula is C24H19NO3S. The molecule has 0 bridgehead atoms. The van der Waals surface area contributed by atoms with Crippen LogP contribution in [0.5, 0.6) is 5.88 Å². The molecule has 0 amide bonds. The predicted octanol–water partition coefficient (Wildman–Crippen LogP) is 6.28. The molecule has 5 rings (SSSR count). The molecule has 0 N–H and O–H groups in total. The largest absolute Gasteiger partial charge is 0.477 e. The van der Waals surface area contributed by atoms with E-state index >= 15 is 0 Å². The molecule has 29 heavy (non-hydrogen) atoms. The van der Waals surface area contributed by atoms with E-state index in [9.17, 15) is 4.79 Å². The van der Waals surface area contributed by atoms with E-state index in [1.165, 1.54) is 38.3 Å². The third-order valence-corrected chi connectivity index (χ3v) is 6.15. The molecule has 0 saturated carbocycles. The molecule has 0 unspecified atom stereocenters. The minimum absolute atomic E-state index is 0.316. The molecule has 0 aliphatic heterocycles. The predicted molar refractivity (Wildman–Crippen MR) is 118 cm³/mol. The van der Waals surface area contributed by atoms with Gasteiger partial charge in [0.1, 0.15) is 5.01 Å². The zero-order valence-electron chi connectivity index (χ0n) is 16.2. The number of hydrogen-bond acceptors (Lipinski definition) is 5. The van der Waals surface area contributed by atoms with E-state index in [1.54, 1.807) is 6.92 Å². The van der Waals surface area contributed by atoms with Crippen molar-refractivity contribution in [1.82, 2.24) is 4.98 Å². The Morgan fingerprint density at radius 2 is 1.59 bits per heavy atom. The van der Waals surface area contributed by atoms with Crippen molar-refractivity contribution in [2.45, 2.75) is 13.8 Å². The highest BCUT2D eigenvalue weighted by Gasteiger charge is 2.23. The molecule has 0 spiro atoms. The monoisotopic (exact) mass is 401 g/mol. The van der Waals surface area contributed by atoms with E-state index in [0.29, 0.717) is 24.0 Å². The fraction of sp³-hybridized carbons (Fsp3) is 0.167. The number of ether oxygens (including phenoxy) is 2. The van der Waals surface area contributed by atoms with Gasteiger partial charge in [-0.3, -0.25) is 0 Å². The maximum Gasteiger partial charge on any atom is 0.354 e. The minimum atomic E-state index is -0.391. The minimum Gasteiger partial charge on any atom is -0.477 e. The number of hydrogen-bond donors (Lipinski definition) is 0. The molecule has 4 aromatic carbocycles. The molecule has 0 saturated heterocycles. The zero-order valence-corrected chi connectivity index (χ0v) is 17.0. The summed E-state index contributed by atoms with van der Waals surface area (Å²) < 4.78 is 10.8. The molecule has 0 fully saturated rings. The van der Waals surface area contributed by atoms with Gasteiger partial charge in [-0.15, -0.1) is 11.3 Å². The smallest absolute Gasteiger partial charge is 0.354 e. The van der Waals surface area contributed by atoms with Crippen molar-refractivity contribution in [3.05, 3.63) is 59.5 Å². The Bertz CT molecular complexity index is 1340. The van der Waals surface area contributed by atoms with Crippen LogP contribution in [0.4, 0.5) is 0 Å². The topological polar surface area (TPSA) is 48.4 Å². The summed E-state index contributed by atoms with van der Waals surface area (Å²) in [5, 5.41) is 8.01. The van der Waals surface area contributed by atoms with Crippen molar-refractivity contribution in [3.63, 3.8) is 0 Å². The highest BCUT2D eigenvalue weighted by atomic mass is 32.1. The second-order valence-corrected chi connectivity index (χ2v) is 7.78. The Hall–Kier alpha value is -3.18. The van der Waals surface area contributed by atoms with Gasteiger partial charge in [-0.05, 0) is 46.2 Å². The van der Waals surface area contributed by atoms with Crippen LogP contribution in [0.25, 0.3) is 42.9 Å². The second kappa shape index (κ2) is 7.01. The highest BCUT2D eigenvalue weighted by molar-refractivity contribution is 7.17. The van der Waals surface area contributed by atoms with Crippen LogP contribution < -0.4 is 4.74 Å². The van der Waals surface area contributed by atoms with Crippen LogP contribution in [0, 0.1) is 0 Å². The van der Waals surface area contributed by atoms with Gasteiger partial charge in [0, 0.05) is 5.56 Å². The van der Waals surface area contributed by atoms with Gasteiger partial charge in [0.15, 0.2) is 4.88 Å². The summed E-state index contributed by atoms with van der Waals surface area (Å²) in [6.07, 6.45) is 0. The van der Waals surface area contributed by atoms with Crippen LogP contribution in [-0.2, 0) is 4.74 Å². The average Bonchev–Trinajstić information content (AvgIpc) is 3.16. The summed E-state index contributed by atoms with van der Waals surface area (Å²) >= 11 is 1.32. The van der Waals surface area contributed by atoms with Gasteiger partial charge in [0.25, 0.3) is 0 Å². The van der Waals surface area contributed by atoms with Gasteiger partial charge >= 0.3 is 5.97 Å². The summed E-state index contributed by atoms with van der Waals surface area (Å²) in [5.74, 6) is -0.0472. The van der Waals surface area contributed by atoms with Crippen molar-refractivity contribution < 1.29 is 14.3 Å². The number of benzene rings is 4. The third-order valence-electron chi connectivity index (χ3n) is 5.10. The van der Waals surface area contributed by atoms with Crippen LogP contribution >= 0.6 is 11.3 Å².